The number of nitrogens with one attached hydrogen (secondary N) is 2. The number of hydrogen-bond donors (Lipinski definition) is 2. The number of halogens is 1. The second kappa shape index (κ2) is 5.66. The van der Waals surface area contributed by atoms with Crippen LogP contribution in [0.25, 0.3) is 0 Å². The zero-order chi connectivity index (χ0) is 12.3. The number of hydrogen-bond acceptors (Lipinski definition) is 4. The van der Waals surface area contributed by atoms with Gasteiger partial charge in [0.25, 0.3) is 0 Å². The third kappa shape index (κ3) is 3.31. The molecule has 17 heavy (non-hydrogen) atoms. The molecule has 4 nitrogen and oxygen atoms in total. The first kappa shape index (κ1) is 12.6. The molecule has 0 radical (unpaired) electrons. The highest BCUT2D eigenvalue weighted by molar-refractivity contribution is 9.10. The van der Waals surface area contributed by atoms with Gasteiger partial charge in [0.15, 0.2) is 0 Å². The third-order valence-electron chi connectivity index (χ3n) is 2.17. The summed E-state index contributed by atoms with van der Waals surface area (Å²) in [6, 6.07) is 6.21. The standard InChI is InChI=1S/C11H13BrN4S/c1-7-14-11(16-15-7)17-10-4-3-9(12)5-8(10)6-13-2/h3-5,13H,6H2,1-2H3,(H,14,15,16). The van der Waals surface area contributed by atoms with Crippen LogP contribution in [0.4, 0.5) is 0 Å². The summed E-state index contributed by atoms with van der Waals surface area (Å²) in [4.78, 5) is 5.46. The lowest BCUT2D eigenvalue weighted by Gasteiger charge is -2.07. The van der Waals surface area contributed by atoms with Crippen molar-refractivity contribution in [3.05, 3.63) is 34.1 Å². The summed E-state index contributed by atoms with van der Waals surface area (Å²) in [5.74, 6) is 0.833. The van der Waals surface area contributed by atoms with Crippen molar-refractivity contribution in [2.24, 2.45) is 0 Å². The number of aryl methyl sites for hydroxylation is 1. The minimum absolute atomic E-state index is 0.752. The first-order valence-corrected chi connectivity index (χ1v) is 6.80. The molecule has 90 valence electrons. The van der Waals surface area contributed by atoms with Gasteiger partial charge in [-0.05, 0) is 49.5 Å². The maximum absolute atomic E-state index is 4.29. The maximum atomic E-state index is 4.29. The van der Waals surface area contributed by atoms with Crippen LogP contribution in [0, 0.1) is 6.92 Å². The fraction of sp³-hybridized carbons (Fsp3) is 0.273. The smallest absolute Gasteiger partial charge is 0.213 e. The van der Waals surface area contributed by atoms with Crippen molar-refractivity contribution < 1.29 is 0 Å². The van der Waals surface area contributed by atoms with E-state index in [9.17, 15) is 0 Å². The van der Waals surface area contributed by atoms with E-state index in [1.807, 2.05) is 20.0 Å². The summed E-state index contributed by atoms with van der Waals surface area (Å²) in [6.45, 7) is 2.72. The molecule has 1 heterocycles. The number of H-pyrrole nitrogens is 1. The van der Waals surface area contributed by atoms with Crippen molar-refractivity contribution >= 4 is 27.7 Å². The Morgan fingerprint density at radius 1 is 1.47 bits per heavy atom. The van der Waals surface area contributed by atoms with Crippen LogP contribution in [0.1, 0.15) is 11.4 Å². The van der Waals surface area contributed by atoms with Crippen LogP contribution < -0.4 is 5.32 Å². The predicted molar refractivity (Wildman–Crippen MR) is 72.1 cm³/mol. The molecule has 1 aromatic carbocycles. The molecule has 6 heteroatoms. The average molecular weight is 313 g/mol. The summed E-state index contributed by atoms with van der Waals surface area (Å²) < 4.78 is 1.08. The van der Waals surface area contributed by atoms with Crippen LogP contribution in [0.2, 0.25) is 0 Å². The van der Waals surface area contributed by atoms with Crippen molar-refractivity contribution in [1.29, 1.82) is 0 Å². The van der Waals surface area contributed by atoms with E-state index in [2.05, 4.69) is 48.6 Å². The lowest BCUT2D eigenvalue weighted by atomic mass is 10.2. The van der Waals surface area contributed by atoms with E-state index in [1.54, 1.807) is 11.8 Å². The molecule has 0 saturated carbocycles. The summed E-state index contributed by atoms with van der Waals surface area (Å²) in [5, 5.41) is 10.9. The summed E-state index contributed by atoms with van der Waals surface area (Å²) in [5.41, 5.74) is 1.23. The molecule has 0 amide bonds. The Kier molecular flexibility index (Phi) is 4.20. The largest absolute Gasteiger partial charge is 0.316 e. The lowest BCUT2D eigenvalue weighted by molar-refractivity contribution is 0.802. The highest BCUT2D eigenvalue weighted by Gasteiger charge is 2.08. The van der Waals surface area contributed by atoms with Gasteiger partial charge >= 0.3 is 0 Å². The molecule has 2 N–H and O–H groups in total. The monoisotopic (exact) mass is 312 g/mol. The summed E-state index contributed by atoms with van der Waals surface area (Å²) >= 11 is 5.05. The van der Waals surface area contributed by atoms with Gasteiger partial charge in [0, 0.05) is 15.9 Å². The molecule has 0 aliphatic carbocycles. The van der Waals surface area contributed by atoms with Crippen LogP contribution in [-0.4, -0.2) is 22.2 Å². The predicted octanol–water partition coefficient (Wildman–Crippen LogP) is 2.75. The number of aromatic nitrogens is 3. The van der Waals surface area contributed by atoms with Crippen molar-refractivity contribution in [2.75, 3.05) is 7.05 Å². The van der Waals surface area contributed by atoms with E-state index in [0.29, 0.717) is 0 Å². The normalized spacial score (nSPS) is 10.8. The number of aromatic amines is 1. The minimum atomic E-state index is 0.752. The third-order valence-corrected chi connectivity index (χ3v) is 3.64. The molecule has 1 aromatic heterocycles. The summed E-state index contributed by atoms with van der Waals surface area (Å²) in [7, 11) is 1.94. The fourth-order valence-corrected chi connectivity index (χ4v) is 2.72. The zero-order valence-corrected chi connectivity index (χ0v) is 12.0. The maximum Gasteiger partial charge on any atom is 0.213 e. The number of nitrogens with zero attached hydrogens (tertiary/aromatic N) is 2. The van der Waals surface area contributed by atoms with Gasteiger partial charge in [0.1, 0.15) is 5.82 Å². The molecule has 0 fully saturated rings. The van der Waals surface area contributed by atoms with Gasteiger partial charge in [-0.1, -0.05) is 15.9 Å². The molecule has 0 saturated heterocycles. The van der Waals surface area contributed by atoms with E-state index in [-0.39, 0.29) is 0 Å². The van der Waals surface area contributed by atoms with Gasteiger partial charge in [-0.15, -0.1) is 5.10 Å². The Bertz CT molecular complexity index is 512. The second-order valence-electron chi connectivity index (χ2n) is 3.59. The Labute approximate surface area is 113 Å². The van der Waals surface area contributed by atoms with Crippen LogP contribution >= 0.6 is 27.7 Å². The molecule has 0 aliphatic rings. The molecular weight excluding hydrogens is 300 g/mol. The van der Waals surface area contributed by atoms with E-state index in [4.69, 9.17) is 0 Å². The van der Waals surface area contributed by atoms with Crippen LogP contribution in [-0.2, 0) is 6.54 Å². The summed E-state index contributed by atoms with van der Waals surface area (Å²) in [6.07, 6.45) is 0. The van der Waals surface area contributed by atoms with Crippen molar-refractivity contribution in [3.63, 3.8) is 0 Å². The van der Waals surface area contributed by atoms with Gasteiger partial charge in [-0.3, -0.25) is 5.10 Å². The van der Waals surface area contributed by atoms with Gasteiger partial charge in [0.05, 0.1) is 0 Å². The highest BCUT2D eigenvalue weighted by Crippen LogP contribution is 2.29. The van der Waals surface area contributed by atoms with Crippen molar-refractivity contribution in [2.45, 2.75) is 23.5 Å². The molecule has 0 bridgehead atoms. The molecule has 2 aromatic rings. The van der Waals surface area contributed by atoms with Crippen LogP contribution in [0.3, 0.4) is 0 Å². The van der Waals surface area contributed by atoms with Gasteiger partial charge in [0.2, 0.25) is 5.16 Å². The SMILES string of the molecule is CNCc1cc(Br)ccc1Sc1n[nH]c(C)n1. The Morgan fingerprint density at radius 2 is 2.29 bits per heavy atom. The zero-order valence-electron chi connectivity index (χ0n) is 9.62. The number of rotatable bonds is 4. The molecule has 0 atom stereocenters. The first-order valence-electron chi connectivity index (χ1n) is 5.19. The molecule has 0 unspecified atom stereocenters. The van der Waals surface area contributed by atoms with E-state index < -0.39 is 0 Å². The topological polar surface area (TPSA) is 53.6 Å². The van der Waals surface area contributed by atoms with E-state index in [1.165, 1.54) is 10.5 Å². The second-order valence-corrected chi connectivity index (χ2v) is 5.51. The molecular formula is C11H13BrN4S. The highest BCUT2D eigenvalue weighted by atomic mass is 79.9. The Morgan fingerprint density at radius 3 is 2.94 bits per heavy atom. The van der Waals surface area contributed by atoms with Crippen molar-refractivity contribution in [3.8, 4) is 0 Å². The quantitative estimate of drug-likeness (QED) is 0.911. The average Bonchev–Trinajstić information content (AvgIpc) is 2.69. The van der Waals surface area contributed by atoms with E-state index in [0.717, 1.165) is 22.0 Å². The number of benzene rings is 1. The Balaban J connectivity index is 2.25. The fourth-order valence-electron chi connectivity index (χ4n) is 1.44. The van der Waals surface area contributed by atoms with Gasteiger partial charge < -0.3 is 5.32 Å². The van der Waals surface area contributed by atoms with E-state index >= 15 is 0 Å². The first-order chi connectivity index (χ1) is 8.19. The van der Waals surface area contributed by atoms with Gasteiger partial charge in [-0.2, -0.15) is 0 Å². The molecule has 0 spiro atoms. The van der Waals surface area contributed by atoms with Crippen LogP contribution in [0.15, 0.2) is 32.7 Å². The van der Waals surface area contributed by atoms with Crippen molar-refractivity contribution in [1.82, 2.24) is 20.5 Å². The van der Waals surface area contributed by atoms with Gasteiger partial charge in [-0.25, -0.2) is 4.98 Å². The molecule has 0 aliphatic heterocycles. The lowest BCUT2D eigenvalue weighted by Crippen LogP contribution is -2.06. The Hall–Kier alpha value is -0.850. The van der Waals surface area contributed by atoms with Crippen LogP contribution in [0.5, 0.6) is 0 Å². The minimum Gasteiger partial charge on any atom is -0.316 e. The molecule has 2 rings (SSSR count).